The van der Waals surface area contributed by atoms with Crippen molar-refractivity contribution in [3.05, 3.63) is 58.9 Å². The lowest BCUT2D eigenvalue weighted by Crippen LogP contribution is -2.23. The highest BCUT2D eigenvalue weighted by Crippen LogP contribution is 2.21. The molecule has 7 nitrogen and oxygen atoms in total. The van der Waals surface area contributed by atoms with E-state index in [1.807, 2.05) is 30.3 Å². The molecule has 168 valence electrons. The van der Waals surface area contributed by atoms with Crippen molar-refractivity contribution in [2.75, 3.05) is 19.0 Å². The third-order valence-electron chi connectivity index (χ3n) is 4.33. The minimum absolute atomic E-state index is 0.0720. The Kier molecular flexibility index (Phi) is 8.64. The van der Waals surface area contributed by atoms with Crippen molar-refractivity contribution in [1.29, 1.82) is 0 Å². The van der Waals surface area contributed by atoms with E-state index in [0.29, 0.717) is 21.6 Å². The van der Waals surface area contributed by atoms with Crippen LogP contribution in [0.3, 0.4) is 0 Å². The van der Waals surface area contributed by atoms with Crippen molar-refractivity contribution < 1.29 is 23.9 Å². The molecule has 0 aliphatic rings. The van der Waals surface area contributed by atoms with Crippen LogP contribution in [0.1, 0.15) is 30.6 Å². The first-order valence-corrected chi connectivity index (χ1v) is 12.0. The summed E-state index contributed by atoms with van der Waals surface area (Å²) in [6.45, 7) is 3.95. The van der Waals surface area contributed by atoms with Crippen LogP contribution in [0.4, 0.5) is 0 Å². The van der Waals surface area contributed by atoms with Crippen LogP contribution in [0.2, 0.25) is 0 Å². The van der Waals surface area contributed by atoms with Gasteiger partial charge in [0, 0.05) is 17.1 Å². The summed E-state index contributed by atoms with van der Waals surface area (Å²) >= 11 is 2.83. The summed E-state index contributed by atoms with van der Waals surface area (Å²) in [7, 11) is 0. The number of hydrogen-bond acceptors (Lipinski definition) is 7. The summed E-state index contributed by atoms with van der Waals surface area (Å²) in [6.07, 6.45) is 0.265. The number of nitrogens with zero attached hydrogens (tertiary/aromatic N) is 2. The summed E-state index contributed by atoms with van der Waals surface area (Å²) in [4.78, 5) is 42.5. The first kappa shape index (κ1) is 23.7. The lowest BCUT2D eigenvalue weighted by molar-refractivity contribution is -0.143. The lowest BCUT2D eigenvalue weighted by atomic mass is 10.2. The maximum Gasteiger partial charge on any atom is 0.338 e. The number of rotatable bonds is 9. The van der Waals surface area contributed by atoms with E-state index < -0.39 is 11.9 Å². The molecule has 0 atom stereocenters. The highest BCUT2D eigenvalue weighted by molar-refractivity contribution is 7.99. The van der Waals surface area contributed by atoms with Crippen LogP contribution < -0.4 is 4.80 Å². The second-order valence-electron chi connectivity index (χ2n) is 6.60. The molecule has 1 amide bonds. The Morgan fingerprint density at radius 1 is 1.03 bits per heavy atom. The van der Waals surface area contributed by atoms with E-state index in [0.717, 1.165) is 9.60 Å². The van der Waals surface area contributed by atoms with Gasteiger partial charge in [0.15, 0.2) is 4.80 Å². The fraction of sp³-hybridized carbons (Fsp3) is 0.304. The minimum atomic E-state index is -0.424. The Labute approximate surface area is 194 Å². The van der Waals surface area contributed by atoms with Gasteiger partial charge in [-0.3, -0.25) is 9.59 Å². The molecule has 3 rings (SSSR count). The molecule has 0 bridgehead atoms. The number of hydrogen-bond donors (Lipinski definition) is 0. The molecule has 0 saturated heterocycles. The third kappa shape index (κ3) is 6.30. The number of benzene rings is 2. The molecular weight excluding hydrogens is 448 g/mol. The quantitative estimate of drug-likeness (QED) is 0.345. The molecule has 0 aliphatic heterocycles. The predicted molar refractivity (Wildman–Crippen MR) is 125 cm³/mol. The van der Waals surface area contributed by atoms with Gasteiger partial charge in [0.25, 0.3) is 0 Å². The highest BCUT2D eigenvalue weighted by Gasteiger charge is 2.15. The maximum atomic E-state index is 12.5. The van der Waals surface area contributed by atoms with Crippen molar-refractivity contribution in [2.24, 2.45) is 4.99 Å². The third-order valence-corrected chi connectivity index (χ3v) is 6.39. The zero-order valence-electron chi connectivity index (χ0n) is 17.9. The van der Waals surface area contributed by atoms with Crippen LogP contribution in [0, 0.1) is 0 Å². The molecule has 0 saturated carbocycles. The molecule has 0 unspecified atom stereocenters. The van der Waals surface area contributed by atoms with Crippen LogP contribution in [-0.4, -0.2) is 41.4 Å². The maximum absolute atomic E-state index is 12.5. The van der Waals surface area contributed by atoms with Gasteiger partial charge in [-0.2, -0.15) is 4.99 Å². The van der Waals surface area contributed by atoms with E-state index in [1.165, 1.54) is 11.3 Å². The number of carbonyl (C=O) groups is 3. The van der Waals surface area contributed by atoms with Gasteiger partial charge in [-0.05, 0) is 44.2 Å². The van der Waals surface area contributed by atoms with E-state index in [1.54, 1.807) is 48.4 Å². The minimum Gasteiger partial charge on any atom is -0.465 e. The molecular formula is C23H24N2O5S2. The van der Waals surface area contributed by atoms with E-state index >= 15 is 0 Å². The van der Waals surface area contributed by atoms with E-state index in [4.69, 9.17) is 9.47 Å². The van der Waals surface area contributed by atoms with Gasteiger partial charge in [-0.1, -0.05) is 29.5 Å². The smallest absolute Gasteiger partial charge is 0.338 e. The van der Waals surface area contributed by atoms with Gasteiger partial charge in [0.05, 0.1) is 29.0 Å². The van der Waals surface area contributed by atoms with Gasteiger partial charge in [-0.15, -0.1) is 11.8 Å². The van der Waals surface area contributed by atoms with Crippen molar-refractivity contribution in [3.63, 3.8) is 0 Å². The van der Waals surface area contributed by atoms with Gasteiger partial charge < -0.3 is 14.0 Å². The number of aromatic nitrogens is 1. The number of esters is 2. The first-order chi connectivity index (χ1) is 15.5. The summed E-state index contributed by atoms with van der Waals surface area (Å²) in [6, 6.07) is 14.9. The Morgan fingerprint density at radius 3 is 2.50 bits per heavy atom. The molecule has 0 aliphatic carbocycles. The van der Waals surface area contributed by atoms with Crippen LogP contribution in [0.25, 0.3) is 10.2 Å². The molecule has 9 heteroatoms. The Morgan fingerprint density at radius 2 is 1.78 bits per heavy atom. The normalized spacial score (nSPS) is 11.5. The Bertz CT molecular complexity index is 1170. The van der Waals surface area contributed by atoms with Gasteiger partial charge in [0.2, 0.25) is 5.91 Å². The summed E-state index contributed by atoms with van der Waals surface area (Å²) < 4.78 is 12.5. The molecule has 0 fully saturated rings. The molecule has 2 aromatic carbocycles. The number of thiazole rings is 1. The first-order valence-electron chi connectivity index (χ1n) is 10.2. The second kappa shape index (κ2) is 11.6. The fourth-order valence-corrected chi connectivity index (χ4v) is 4.87. The van der Waals surface area contributed by atoms with E-state index in [2.05, 4.69) is 4.99 Å². The Balaban J connectivity index is 1.87. The number of ether oxygens (including phenoxy) is 2. The largest absolute Gasteiger partial charge is 0.465 e. The Hall–Kier alpha value is -2.91. The zero-order chi connectivity index (χ0) is 22.9. The zero-order valence-corrected chi connectivity index (χ0v) is 19.5. The number of carbonyl (C=O) groups excluding carboxylic acids is 3. The van der Waals surface area contributed by atoms with E-state index in [-0.39, 0.29) is 32.1 Å². The summed E-state index contributed by atoms with van der Waals surface area (Å²) in [5, 5.41) is 0. The average Bonchev–Trinajstić information content (AvgIpc) is 3.10. The van der Waals surface area contributed by atoms with Crippen molar-refractivity contribution in [3.8, 4) is 0 Å². The SMILES string of the molecule is CCOC(=O)Cn1c(=NC(=O)CCSc2ccccc2)sc2cc(C(=O)OCC)ccc21. The van der Waals surface area contributed by atoms with Crippen LogP contribution >= 0.6 is 23.1 Å². The predicted octanol–water partition coefficient (Wildman–Crippen LogP) is 4.05. The van der Waals surface area contributed by atoms with Gasteiger partial charge in [0.1, 0.15) is 6.54 Å². The summed E-state index contributed by atoms with van der Waals surface area (Å²) in [5.74, 6) is -0.520. The monoisotopic (exact) mass is 472 g/mol. The summed E-state index contributed by atoms with van der Waals surface area (Å²) in [5.41, 5.74) is 1.10. The molecule has 0 N–H and O–H groups in total. The molecule has 32 heavy (non-hydrogen) atoms. The average molecular weight is 473 g/mol. The van der Waals surface area contributed by atoms with E-state index in [9.17, 15) is 14.4 Å². The number of thioether (sulfide) groups is 1. The van der Waals surface area contributed by atoms with Crippen molar-refractivity contribution >= 4 is 51.2 Å². The van der Waals surface area contributed by atoms with Crippen molar-refractivity contribution in [2.45, 2.75) is 31.7 Å². The van der Waals surface area contributed by atoms with Crippen LogP contribution in [-0.2, 0) is 25.6 Å². The van der Waals surface area contributed by atoms with Crippen LogP contribution in [0.5, 0.6) is 0 Å². The molecule has 3 aromatic rings. The standard InChI is InChI=1S/C23H24N2O5S2/c1-3-29-21(27)15-25-18-11-10-16(22(28)30-4-2)14-19(18)32-23(25)24-20(26)12-13-31-17-8-6-5-7-9-17/h5-11,14H,3-4,12-13,15H2,1-2H3. The van der Waals surface area contributed by atoms with Gasteiger partial charge >= 0.3 is 11.9 Å². The van der Waals surface area contributed by atoms with Crippen molar-refractivity contribution in [1.82, 2.24) is 4.57 Å². The molecule has 1 heterocycles. The molecule has 0 spiro atoms. The fourth-order valence-electron chi connectivity index (χ4n) is 2.92. The molecule has 0 radical (unpaired) electrons. The lowest BCUT2D eigenvalue weighted by Gasteiger charge is -2.06. The number of amides is 1. The second-order valence-corrected chi connectivity index (χ2v) is 8.77. The topological polar surface area (TPSA) is 87.0 Å². The van der Waals surface area contributed by atoms with Crippen LogP contribution in [0.15, 0.2) is 58.4 Å². The molecule has 1 aromatic heterocycles. The highest BCUT2D eigenvalue weighted by atomic mass is 32.2. The number of fused-ring (bicyclic) bond motifs is 1. The van der Waals surface area contributed by atoms with Gasteiger partial charge in [-0.25, -0.2) is 4.79 Å².